The number of nitrogens with zero attached hydrogens (tertiary/aromatic N) is 1. The zero-order valence-electron chi connectivity index (χ0n) is 9.68. The fraction of sp³-hybridized carbons (Fsp3) is 0.417. The van der Waals surface area contributed by atoms with Gasteiger partial charge in [-0.1, -0.05) is 0 Å². The predicted molar refractivity (Wildman–Crippen MR) is 61.6 cm³/mol. The molecule has 0 aromatic heterocycles. The van der Waals surface area contributed by atoms with Crippen molar-refractivity contribution in [2.75, 3.05) is 13.1 Å². The molecule has 1 aromatic carbocycles. The van der Waals surface area contributed by atoms with E-state index in [0.29, 0.717) is 18.7 Å². The summed E-state index contributed by atoms with van der Waals surface area (Å²) < 4.78 is 28.1. The third-order valence-electron chi connectivity index (χ3n) is 2.84. The van der Waals surface area contributed by atoms with E-state index in [4.69, 9.17) is 5.73 Å². The molecule has 1 amide bonds. The number of halogens is 2. The van der Waals surface area contributed by atoms with E-state index in [1.807, 2.05) is 0 Å². The van der Waals surface area contributed by atoms with Crippen LogP contribution in [0, 0.1) is 0 Å². The molecule has 2 N–H and O–H groups in total. The van der Waals surface area contributed by atoms with Gasteiger partial charge in [0.25, 0.3) is 5.91 Å². The quantitative estimate of drug-likeness (QED) is 0.890. The van der Waals surface area contributed by atoms with Crippen LogP contribution in [0.25, 0.3) is 0 Å². The van der Waals surface area contributed by atoms with Crippen LogP contribution >= 0.6 is 0 Å². The molecule has 98 valence electrons. The van der Waals surface area contributed by atoms with Gasteiger partial charge in [-0.05, 0) is 30.7 Å². The number of hydrogen-bond acceptors (Lipinski definition) is 3. The molecule has 1 saturated heterocycles. The second-order valence-electron chi connectivity index (χ2n) is 4.20. The first-order valence-corrected chi connectivity index (χ1v) is 5.66. The second kappa shape index (κ2) is 5.30. The predicted octanol–water partition coefficient (Wildman–Crippen LogP) is 1.46. The number of ether oxygens (including phenoxy) is 1. The fourth-order valence-electron chi connectivity index (χ4n) is 1.93. The smallest absolute Gasteiger partial charge is 0.387 e. The van der Waals surface area contributed by atoms with Crippen LogP contribution in [0.15, 0.2) is 24.3 Å². The van der Waals surface area contributed by atoms with Crippen molar-refractivity contribution in [1.29, 1.82) is 0 Å². The average Bonchev–Trinajstić information content (AvgIpc) is 2.75. The first-order valence-electron chi connectivity index (χ1n) is 5.66. The highest BCUT2D eigenvalue weighted by Crippen LogP contribution is 2.17. The zero-order valence-corrected chi connectivity index (χ0v) is 9.68. The van der Waals surface area contributed by atoms with Gasteiger partial charge in [-0.25, -0.2) is 0 Å². The zero-order chi connectivity index (χ0) is 13.1. The lowest BCUT2D eigenvalue weighted by atomic mass is 10.2. The molecule has 0 saturated carbocycles. The minimum absolute atomic E-state index is 0.0235. The third-order valence-corrected chi connectivity index (χ3v) is 2.84. The van der Waals surface area contributed by atoms with Gasteiger partial charge < -0.3 is 15.4 Å². The number of alkyl halides is 2. The van der Waals surface area contributed by atoms with E-state index in [1.54, 1.807) is 4.90 Å². The molecule has 0 aliphatic carbocycles. The monoisotopic (exact) mass is 256 g/mol. The number of likely N-dealkylation sites (tertiary alicyclic amines) is 1. The Hall–Kier alpha value is -1.69. The Labute approximate surface area is 103 Å². The van der Waals surface area contributed by atoms with E-state index < -0.39 is 6.61 Å². The topological polar surface area (TPSA) is 55.6 Å². The molecular weight excluding hydrogens is 242 g/mol. The molecule has 0 unspecified atom stereocenters. The van der Waals surface area contributed by atoms with Crippen LogP contribution in [0.2, 0.25) is 0 Å². The Kier molecular flexibility index (Phi) is 3.76. The molecule has 1 atom stereocenters. The highest BCUT2D eigenvalue weighted by molar-refractivity contribution is 5.94. The van der Waals surface area contributed by atoms with Crippen LogP contribution in [0.5, 0.6) is 5.75 Å². The van der Waals surface area contributed by atoms with Crippen LogP contribution in [0.4, 0.5) is 8.78 Å². The summed E-state index contributed by atoms with van der Waals surface area (Å²) in [5.41, 5.74) is 6.17. The standard InChI is InChI=1S/C12H14F2N2O2/c13-12(14)18-10-3-1-8(2-4-10)11(17)16-6-5-9(15)7-16/h1-4,9,12H,5-7,15H2/t9-/m1/s1. The summed E-state index contributed by atoms with van der Waals surface area (Å²) in [5, 5.41) is 0. The average molecular weight is 256 g/mol. The molecule has 0 spiro atoms. The van der Waals surface area contributed by atoms with Crippen LogP contribution in [0.3, 0.4) is 0 Å². The molecule has 1 aromatic rings. The number of hydrogen-bond donors (Lipinski definition) is 1. The van der Waals surface area contributed by atoms with Gasteiger partial charge in [-0.2, -0.15) is 8.78 Å². The molecule has 1 aliphatic rings. The lowest BCUT2D eigenvalue weighted by molar-refractivity contribution is -0.0498. The first kappa shape index (κ1) is 12.8. The van der Waals surface area contributed by atoms with Crippen LogP contribution in [0.1, 0.15) is 16.8 Å². The lowest BCUT2D eigenvalue weighted by Crippen LogP contribution is -2.31. The normalized spacial score (nSPS) is 19.3. The van der Waals surface area contributed by atoms with Crippen molar-refractivity contribution in [3.05, 3.63) is 29.8 Å². The van der Waals surface area contributed by atoms with E-state index in [1.165, 1.54) is 24.3 Å². The molecule has 0 radical (unpaired) electrons. The summed E-state index contributed by atoms with van der Waals surface area (Å²) >= 11 is 0. The molecule has 6 heteroatoms. The summed E-state index contributed by atoms with van der Waals surface area (Å²) in [4.78, 5) is 13.7. The Morgan fingerprint density at radius 1 is 1.39 bits per heavy atom. The van der Waals surface area contributed by atoms with Crippen molar-refractivity contribution in [2.24, 2.45) is 5.73 Å². The molecule has 4 nitrogen and oxygen atoms in total. The minimum atomic E-state index is -2.86. The molecule has 1 aliphatic heterocycles. The molecular formula is C12H14F2N2O2. The van der Waals surface area contributed by atoms with Crippen molar-refractivity contribution in [3.63, 3.8) is 0 Å². The number of rotatable bonds is 3. The fourth-order valence-corrected chi connectivity index (χ4v) is 1.93. The number of benzene rings is 1. The molecule has 2 rings (SSSR count). The number of carbonyl (C=O) groups is 1. The van der Waals surface area contributed by atoms with Crippen LogP contribution < -0.4 is 10.5 Å². The number of carbonyl (C=O) groups excluding carboxylic acids is 1. The van der Waals surface area contributed by atoms with E-state index in [-0.39, 0.29) is 17.7 Å². The summed E-state index contributed by atoms with van der Waals surface area (Å²) in [6.07, 6.45) is 0.790. The van der Waals surface area contributed by atoms with Gasteiger partial charge in [-0.3, -0.25) is 4.79 Å². The summed E-state index contributed by atoms with van der Waals surface area (Å²) in [5.74, 6) is -0.0915. The Bertz CT molecular complexity index is 423. The van der Waals surface area contributed by atoms with E-state index in [9.17, 15) is 13.6 Å². The second-order valence-corrected chi connectivity index (χ2v) is 4.20. The number of amides is 1. The SMILES string of the molecule is N[C@@H]1CCN(C(=O)c2ccc(OC(F)F)cc2)C1. The van der Waals surface area contributed by atoms with E-state index in [2.05, 4.69) is 4.74 Å². The highest BCUT2D eigenvalue weighted by atomic mass is 19.3. The van der Waals surface area contributed by atoms with E-state index >= 15 is 0 Å². The minimum Gasteiger partial charge on any atom is -0.435 e. The summed E-state index contributed by atoms with van der Waals surface area (Å²) in [6.45, 7) is -1.69. The van der Waals surface area contributed by atoms with Crippen molar-refractivity contribution in [3.8, 4) is 5.75 Å². The lowest BCUT2D eigenvalue weighted by Gasteiger charge is -2.15. The number of nitrogens with two attached hydrogens (primary N) is 1. The maximum Gasteiger partial charge on any atom is 0.387 e. The molecule has 1 heterocycles. The van der Waals surface area contributed by atoms with Gasteiger partial charge in [0, 0.05) is 24.7 Å². The molecule has 18 heavy (non-hydrogen) atoms. The van der Waals surface area contributed by atoms with Crippen molar-refractivity contribution < 1.29 is 18.3 Å². The van der Waals surface area contributed by atoms with Crippen molar-refractivity contribution >= 4 is 5.91 Å². The first-order chi connectivity index (χ1) is 8.56. The Morgan fingerprint density at radius 2 is 2.06 bits per heavy atom. The maximum absolute atomic E-state index is 12.0. The van der Waals surface area contributed by atoms with Crippen LogP contribution in [-0.2, 0) is 0 Å². The molecule has 0 bridgehead atoms. The summed E-state index contributed by atoms with van der Waals surface area (Å²) in [6, 6.07) is 5.69. The largest absolute Gasteiger partial charge is 0.435 e. The van der Waals surface area contributed by atoms with Gasteiger partial charge in [-0.15, -0.1) is 0 Å². The van der Waals surface area contributed by atoms with Gasteiger partial charge >= 0.3 is 6.61 Å². The van der Waals surface area contributed by atoms with Crippen molar-refractivity contribution in [2.45, 2.75) is 19.1 Å². The van der Waals surface area contributed by atoms with Gasteiger partial charge in [0.2, 0.25) is 0 Å². The van der Waals surface area contributed by atoms with Gasteiger partial charge in [0.1, 0.15) is 5.75 Å². The third kappa shape index (κ3) is 2.95. The van der Waals surface area contributed by atoms with Gasteiger partial charge in [0.05, 0.1) is 0 Å². The van der Waals surface area contributed by atoms with Crippen molar-refractivity contribution in [1.82, 2.24) is 4.90 Å². The van der Waals surface area contributed by atoms with Crippen LogP contribution in [-0.4, -0.2) is 36.5 Å². The summed E-state index contributed by atoms with van der Waals surface area (Å²) in [7, 11) is 0. The van der Waals surface area contributed by atoms with E-state index in [0.717, 1.165) is 6.42 Å². The Balaban J connectivity index is 2.03. The Morgan fingerprint density at radius 3 is 2.56 bits per heavy atom. The maximum atomic E-state index is 12.0. The van der Waals surface area contributed by atoms with Gasteiger partial charge in [0.15, 0.2) is 0 Å². The molecule has 1 fully saturated rings. The highest BCUT2D eigenvalue weighted by Gasteiger charge is 2.24.